The molecule has 0 unspecified atom stereocenters. The molecule has 36 heavy (non-hydrogen) atoms. The third kappa shape index (κ3) is 5.11. The summed E-state index contributed by atoms with van der Waals surface area (Å²) in [5, 5.41) is 4.03. The van der Waals surface area contributed by atoms with Crippen LogP contribution in [0.5, 0.6) is 0 Å². The molecule has 0 aliphatic heterocycles. The van der Waals surface area contributed by atoms with Crippen molar-refractivity contribution in [2.45, 2.75) is 11.1 Å². The summed E-state index contributed by atoms with van der Waals surface area (Å²) in [6.45, 7) is 0. The molecule has 4 aromatic rings. The van der Waals surface area contributed by atoms with E-state index in [1.54, 1.807) is 7.05 Å². The lowest BCUT2D eigenvalue weighted by atomic mass is 10.2. The molecule has 0 aliphatic rings. The highest BCUT2D eigenvalue weighted by molar-refractivity contribution is 7.92. The van der Waals surface area contributed by atoms with Crippen molar-refractivity contribution >= 4 is 50.2 Å². The first-order valence-electron chi connectivity index (χ1n) is 9.83. The number of sulfonamides is 1. The number of halogens is 4. The van der Waals surface area contributed by atoms with E-state index in [1.807, 2.05) is 4.72 Å². The quantitative estimate of drug-likeness (QED) is 0.274. The molecule has 2 heterocycles. The predicted molar refractivity (Wildman–Crippen MR) is 124 cm³/mol. The van der Waals surface area contributed by atoms with Crippen molar-refractivity contribution in [2.75, 3.05) is 10.1 Å². The normalized spacial score (nSPS) is 11.9. The highest BCUT2D eigenvalue weighted by atomic mass is 35.5. The molecule has 0 bridgehead atoms. The minimum Gasteiger partial charge on any atom is -0.291 e. The number of aromatic amines is 1. The van der Waals surface area contributed by atoms with Crippen LogP contribution in [-0.4, -0.2) is 34.1 Å². The molecule has 2 aromatic carbocycles. The summed E-state index contributed by atoms with van der Waals surface area (Å²) >= 11 is 6.05. The number of rotatable bonds is 6. The standard InChI is InChI=1S/C20H15ClF3N7O4S/c1-31-16-14(9-25-31)17(32)27-19(26-16)29-28-18(33)13-8-12(5-6-15(13)21)36(34,35)30-11-4-2-3-10(7-11)20(22,23)24/h2-9,30H,1H3,(H,28,33)(H2,26,27,29,32). The zero-order valence-electron chi connectivity index (χ0n) is 18.0. The second-order valence-electron chi connectivity index (χ2n) is 7.32. The Hall–Kier alpha value is -4.11. The molecule has 4 rings (SSSR count). The van der Waals surface area contributed by atoms with E-state index >= 15 is 0 Å². The van der Waals surface area contributed by atoms with Gasteiger partial charge >= 0.3 is 6.18 Å². The van der Waals surface area contributed by atoms with Gasteiger partial charge < -0.3 is 0 Å². The number of nitrogens with zero attached hydrogens (tertiary/aromatic N) is 3. The van der Waals surface area contributed by atoms with E-state index in [1.165, 1.54) is 10.9 Å². The van der Waals surface area contributed by atoms with E-state index in [9.17, 15) is 31.2 Å². The molecule has 0 radical (unpaired) electrons. The summed E-state index contributed by atoms with van der Waals surface area (Å²) in [7, 11) is -2.82. The van der Waals surface area contributed by atoms with Crippen LogP contribution in [0.25, 0.3) is 11.0 Å². The molecule has 0 saturated heterocycles. The molecule has 0 fully saturated rings. The number of benzene rings is 2. The summed E-state index contributed by atoms with van der Waals surface area (Å²) in [4.78, 5) is 30.8. The number of carbonyl (C=O) groups is 1. The second kappa shape index (κ2) is 9.16. The van der Waals surface area contributed by atoms with Crippen LogP contribution < -0.4 is 21.1 Å². The minimum absolute atomic E-state index is 0.115. The van der Waals surface area contributed by atoms with E-state index in [2.05, 4.69) is 25.9 Å². The zero-order valence-corrected chi connectivity index (χ0v) is 19.6. The third-order valence-corrected chi connectivity index (χ3v) is 6.54. The first-order chi connectivity index (χ1) is 16.8. The van der Waals surface area contributed by atoms with Crippen molar-refractivity contribution in [3.63, 3.8) is 0 Å². The van der Waals surface area contributed by atoms with Crippen molar-refractivity contribution in [1.29, 1.82) is 0 Å². The van der Waals surface area contributed by atoms with E-state index in [0.717, 1.165) is 36.4 Å². The van der Waals surface area contributed by atoms with Crippen LogP contribution in [0.4, 0.5) is 24.8 Å². The smallest absolute Gasteiger partial charge is 0.291 e. The summed E-state index contributed by atoms with van der Waals surface area (Å²) in [6, 6.07) is 6.79. The number of H-pyrrole nitrogens is 1. The van der Waals surface area contributed by atoms with Gasteiger partial charge in [0.25, 0.3) is 21.5 Å². The Morgan fingerprint density at radius 3 is 2.64 bits per heavy atom. The average molecular weight is 542 g/mol. The first kappa shape index (κ1) is 25.0. The molecule has 2 aromatic heterocycles. The number of hydrogen-bond donors (Lipinski definition) is 4. The van der Waals surface area contributed by atoms with Crippen molar-refractivity contribution in [3.8, 4) is 0 Å². The molecule has 1 amide bonds. The lowest BCUT2D eigenvalue weighted by Crippen LogP contribution is -2.31. The maximum atomic E-state index is 12.9. The van der Waals surface area contributed by atoms with E-state index in [-0.39, 0.29) is 33.3 Å². The molecule has 0 spiro atoms. The van der Waals surface area contributed by atoms with Gasteiger partial charge in [-0.15, -0.1) is 0 Å². The van der Waals surface area contributed by atoms with Crippen molar-refractivity contribution < 1.29 is 26.4 Å². The van der Waals surface area contributed by atoms with Crippen molar-refractivity contribution in [2.24, 2.45) is 7.05 Å². The average Bonchev–Trinajstić information content (AvgIpc) is 3.18. The Morgan fingerprint density at radius 1 is 1.17 bits per heavy atom. The van der Waals surface area contributed by atoms with Gasteiger partial charge in [-0.3, -0.25) is 34.8 Å². The van der Waals surface area contributed by atoms with E-state index in [4.69, 9.17) is 11.6 Å². The zero-order chi connectivity index (χ0) is 26.3. The highest BCUT2D eigenvalue weighted by Gasteiger charge is 2.31. The van der Waals surface area contributed by atoms with Gasteiger partial charge in [0, 0.05) is 12.7 Å². The fourth-order valence-corrected chi connectivity index (χ4v) is 4.37. The number of alkyl halides is 3. The molecule has 0 saturated carbocycles. The molecule has 0 atom stereocenters. The lowest BCUT2D eigenvalue weighted by molar-refractivity contribution is -0.137. The summed E-state index contributed by atoms with van der Waals surface area (Å²) < 4.78 is 67.7. The van der Waals surface area contributed by atoms with Gasteiger partial charge in [0.15, 0.2) is 5.65 Å². The van der Waals surface area contributed by atoms with Crippen LogP contribution in [0.3, 0.4) is 0 Å². The maximum absolute atomic E-state index is 12.9. The number of aromatic nitrogens is 4. The first-order valence-corrected chi connectivity index (χ1v) is 11.7. The number of nitrogens with one attached hydrogen (secondary N) is 4. The van der Waals surface area contributed by atoms with Crippen LogP contribution >= 0.6 is 11.6 Å². The highest BCUT2D eigenvalue weighted by Crippen LogP contribution is 2.31. The van der Waals surface area contributed by atoms with Gasteiger partial charge in [0.05, 0.1) is 27.2 Å². The number of aryl methyl sites for hydroxylation is 1. The Labute approximate surface area is 205 Å². The van der Waals surface area contributed by atoms with Crippen molar-refractivity contribution in [1.82, 2.24) is 25.2 Å². The van der Waals surface area contributed by atoms with Crippen LogP contribution in [0.1, 0.15) is 15.9 Å². The number of amides is 1. The number of fused-ring (bicyclic) bond motifs is 1. The van der Waals surface area contributed by atoms with E-state index in [0.29, 0.717) is 6.07 Å². The maximum Gasteiger partial charge on any atom is 0.416 e. The monoisotopic (exact) mass is 541 g/mol. The summed E-state index contributed by atoms with van der Waals surface area (Å²) in [6.07, 6.45) is -3.34. The third-order valence-electron chi connectivity index (χ3n) is 4.83. The Balaban J connectivity index is 1.55. The number of hydrogen-bond acceptors (Lipinski definition) is 7. The molecule has 4 N–H and O–H groups in total. The summed E-state index contributed by atoms with van der Waals surface area (Å²) in [5.74, 6) is -1.01. The molecular weight excluding hydrogens is 527 g/mol. The SMILES string of the molecule is Cn1ncc2c(=O)[nH]c(NNC(=O)c3cc(S(=O)(=O)Nc4cccc(C(F)(F)F)c4)ccc3Cl)nc21. The number of carbonyl (C=O) groups excluding carboxylic acids is 1. The lowest BCUT2D eigenvalue weighted by Gasteiger charge is -2.13. The van der Waals surface area contributed by atoms with Crippen LogP contribution in [-0.2, 0) is 23.2 Å². The Bertz CT molecular complexity index is 1650. The van der Waals surface area contributed by atoms with Gasteiger partial charge in [0.1, 0.15) is 5.39 Å². The molecular formula is C20H15ClF3N7O4S. The summed E-state index contributed by atoms with van der Waals surface area (Å²) in [5.41, 5.74) is 2.71. The van der Waals surface area contributed by atoms with Gasteiger partial charge in [-0.2, -0.15) is 23.3 Å². The van der Waals surface area contributed by atoms with Crippen LogP contribution in [0.15, 0.2) is 58.4 Å². The number of anilines is 2. The van der Waals surface area contributed by atoms with Gasteiger partial charge in [0.2, 0.25) is 5.95 Å². The van der Waals surface area contributed by atoms with Gasteiger partial charge in [-0.05, 0) is 36.4 Å². The molecule has 11 nitrogen and oxygen atoms in total. The van der Waals surface area contributed by atoms with Crippen LogP contribution in [0.2, 0.25) is 5.02 Å². The molecule has 0 aliphatic carbocycles. The molecule has 16 heteroatoms. The fourth-order valence-electron chi connectivity index (χ4n) is 3.09. The largest absolute Gasteiger partial charge is 0.416 e. The minimum atomic E-state index is -4.67. The number of hydrazine groups is 1. The van der Waals surface area contributed by atoms with Gasteiger partial charge in [-0.25, -0.2) is 8.42 Å². The van der Waals surface area contributed by atoms with Crippen molar-refractivity contribution in [3.05, 3.63) is 75.2 Å². The second-order valence-corrected chi connectivity index (χ2v) is 9.41. The Kier molecular flexibility index (Phi) is 6.36. The topological polar surface area (TPSA) is 151 Å². The van der Waals surface area contributed by atoms with Crippen LogP contribution in [0, 0.1) is 0 Å². The fraction of sp³-hybridized carbons (Fsp3) is 0.100. The predicted octanol–water partition coefficient (Wildman–Crippen LogP) is 2.89. The van der Waals surface area contributed by atoms with Gasteiger partial charge in [-0.1, -0.05) is 17.7 Å². The Morgan fingerprint density at radius 2 is 1.92 bits per heavy atom. The molecule has 188 valence electrons. The van der Waals surface area contributed by atoms with E-state index < -0.39 is 38.1 Å².